The van der Waals surface area contributed by atoms with Crippen molar-refractivity contribution in [1.82, 2.24) is 4.90 Å². The lowest BCUT2D eigenvalue weighted by atomic mass is 9.88. The van der Waals surface area contributed by atoms with Crippen molar-refractivity contribution in [2.45, 2.75) is 19.4 Å². The van der Waals surface area contributed by atoms with Crippen LogP contribution in [0.4, 0.5) is 0 Å². The van der Waals surface area contributed by atoms with Crippen molar-refractivity contribution in [3.63, 3.8) is 0 Å². The van der Waals surface area contributed by atoms with Crippen LogP contribution in [0.25, 0.3) is 0 Å². The highest BCUT2D eigenvalue weighted by Gasteiger charge is 2.29. The average Bonchev–Trinajstić information content (AvgIpc) is 2.17. The first-order chi connectivity index (χ1) is 6.52. The van der Waals surface area contributed by atoms with Gasteiger partial charge < -0.3 is 5.11 Å². The highest BCUT2D eigenvalue weighted by molar-refractivity contribution is 5.32. The summed E-state index contributed by atoms with van der Waals surface area (Å²) >= 11 is 0. The number of rotatable bonds is 3. The molecule has 0 aliphatic carbocycles. The van der Waals surface area contributed by atoms with E-state index in [9.17, 15) is 5.11 Å². The number of likely N-dealkylation sites (N-methyl/N-ethyl adjacent to an activating group) is 1. The zero-order valence-electron chi connectivity index (χ0n) is 9.41. The van der Waals surface area contributed by atoms with Crippen LogP contribution in [-0.2, 0) is 5.54 Å². The molecule has 0 saturated heterocycles. The number of hydrogen-bond donors (Lipinski definition) is 1. The molecule has 78 valence electrons. The number of nitrogens with zero attached hydrogens (tertiary/aromatic N) is 1. The van der Waals surface area contributed by atoms with Crippen molar-refractivity contribution in [2.24, 2.45) is 0 Å². The summed E-state index contributed by atoms with van der Waals surface area (Å²) in [6.07, 6.45) is 0. The van der Waals surface area contributed by atoms with Gasteiger partial charge in [-0.15, -0.1) is 0 Å². The Morgan fingerprint density at radius 1 is 1.29 bits per heavy atom. The molecule has 1 N–H and O–H groups in total. The lowest BCUT2D eigenvalue weighted by Gasteiger charge is -2.36. The molecule has 0 aliphatic heterocycles. The van der Waals surface area contributed by atoms with E-state index in [-0.39, 0.29) is 12.1 Å². The number of benzene rings is 1. The van der Waals surface area contributed by atoms with Gasteiger partial charge in [-0.2, -0.15) is 0 Å². The average molecular weight is 193 g/mol. The Morgan fingerprint density at radius 3 is 2.29 bits per heavy atom. The van der Waals surface area contributed by atoms with Gasteiger partial charge in [0.25, 0.3) is 0 Å². The van der Waals surface area contributed by atoms with Gasteiger partial charge in [0.15, 0.2) is 0 Å². The highest BCUT2D eigenvalue weighted by Crippen LogP contribution is 2.27. The summed E-state index contributed by atoms with van der Waals surface area (Å²) in [4.78, 5) is 2.05. The molecular formula is C12H19NO. The van der Waals surface area contributed by atoms with E-state index in [1.165, 1.54) is 11.1 Å². The fourth-order valence-corrected chi connectivity index (χ4v) is 1.64. The topological polar surface area (TPSA) is 23.5 Å². The SMILES string of the molecule is Cc1ccccc1[C@](C)(CO)N(C)C. The lowest BCUT2D eigenvalue weighted by molar-refractivity contribution is 0.0821. The van der Waals surface area contributed by atoms with Gasteiger partial charge in [0.2, 0.25) is 0 Å². The van der Waals surface area contributed by atoms with E-state index < -0.39 is 0 Å². The quantitative estimate of drug-likeness (QED) is 0.790. The molecule has 1 aromatic carbocycles. The van der Waals surface area contributed by atoms with Crippen LogP contribution in [0.3, 0.4) is 0 Å². The Hall–Kier alpha value is -0.860. The third-order valence-electron chi connectivity index (χ3n) is 3.02. The van der Waals surface area contributed by atoms with Crippen LogP contribution < -0.4 is 0 Å². The number of aliphatic hydroxyl groups excluding tert-OH is 1. The molecule has 0 unspecified atom stereocenters. The van der Waals surface area contributed by atoms with Crippen molar-refractivity contribution < 1.29 is 5.11 Å². The fourth-order valence-electron chi connectivity index (χ4n) is 1.64. The van der Waals surface area contributed by atoms with E-state index in [4.69, 9.17) is 0 Å². The molecule has 0 saturated carbocycles. The smallest absolute Gasteiger partial charge is 0.0663 e. The molecule has 0 aromatic heterocycles. The molecule has 1 aromatic rings. The third kappa shape index (κ3) is 1.81. The summed E-state index contributed by atoms with van der Waals surface area (Å²) in [6.45, 7) is 4.26. The van der Waals surface area contributed by atoms with Crippen molar-refractivity contribution in [2.75, 3.05) is 20.7 Å². The Labute approximate surface area is 86.2 Å². The molecule has 1 rings (SSSR count). The van der Waals surface area contributed by atoms with Crippen LogP contribution in [-0.4, -0.2) is 30.7 Å². The Bertz CT molecular complexity index is 309. The summed E-state index contributed by atoms with van der Waals surface area (Å²) in [6, 6.07) is 8.18. The fraction of sp³-hybridized carbons (Fsp3) is 0.500. The molecule has 1 atom stereocenters. The molecule has 2 heteroatoms. The van der Waals surface area contributed by atoms with E-state index in [0.29, 0.717) is 0 Å². The molecular weight excluding hydrogens is 174 g/mol. The number of aliphatic hydroxyl groups is 1. The second-order valence-electron chi connectivity index (χ2n) is 4.14. The Morgan fingerprint density at radius 2 is 1.86 bits per heavy atom. The maximum absolute atomic E-state index is 9.49. The first kappa shape index (κ1) is 11.2. The highest BCUT2D eigenvalue weighted by atomic mass is 16.3. The second kappa shape index (κ2) is 4.11. The summed E-state index contributed by atoms with van der Waals surface area (Å²) in [5.41, 5.74) is 2.12. The molecule has 0 amide bonds. The minimum absolute atomic E-state index is 0.130. The molecule has 0 bridgehead atoms. The molecule has 0 radical (unpaired) electrons. The summed E-state index contributed by atoms with van der Waals surface area (Å²) < 4.78 is 0. The molecule has 0 aliphatic rings. The van der Waals surface area contributed by atoms with E-state index >= 15 is 0 Å². The van der Waals surface area contributed by atoms with Crippen LogP contribution in [0, 0.1) is 6.92 Å². The summed E-state index contributed by atoms with van der Waals surface area (Å²) in [5.74, 6) is 0. The van der Waals surface area contributed by atoms with Gasteiger partial charge in [0, 0.05) is 0 Å². The molecule has 14 heavy (non-hydrogen) atoms. The Balaban J connectivity index is 3.19. The van der Waals surface area contributed by atoms with Crippen LogP contribution in [0.2, 0.25) is 0 Å². The minimum Gasteiger partial charge on any atom is -0.394 e. The molecule has 0 spiro atoms. The summed E-state index contributed by atoms with van der Waals surface area (Å²) in [5, 5.41) is 9.49. The second-order valence-corrected chi connectivity index (χ2v) is 4.14. The van der Waals surface area contributed by atoms with Gasteiger partial charge in [-0.3, -0.25) is 4.90 Å². The van der Waals surface area contributed by atoms with Gasteiger partial charge in [0.05, 0.1) is 12.1 Å². The van der Waals surface area contributed by atoms with E-state index in [2.05, 4.69) is 30.9 Å². The molecule has 2 nitrogen and oxygen atoms in total. The van der Waals surface area contributed by atoms with E-state index in [1.54, 1.807) is 0 Å². The van der Waals surface area contributed by atoms with E-state index in [0.717, 1.165) is 0 Å². The predicted octanol–water partition coefficient (Wildman–Crippen LogP) is 1.76. The van der Waals surface area contributed by atoms with Crippen molar-refractivity contribution in [3.8, 4) is 0 Å². The first-order valence-corrected chi connectivity index (χ1v) is 4.87. The molecule has 0 heterocycles. The maximum atomic E-state index is 9.49. The van der Waals surface area contributed by atoms with Gasteiger partial charge in [0.1, 0.15) is 0 Å². The summed E-state index contributed by atoms with van der Waals surface area (Å²) in [7, 11) is 3.98. The normalized spacial score (nSPS) is 15.6. The maximum Gasteiger partial charge on any atom is 0.0663 e. The Kier molecular flexibility index (Phi) is 3.29. The first-order valence-electron chi connectivity index (χ1n) is 4.87. The van der Waals surface area contributed by atoms with Gasteiger partial charge >= 0.3 is 0 Å². The largest absolute Gasteiger partial charge is 0.394 e. The van der Waals surface area contributed by atoms with Gasteiger partial charge in [-0.1, -0.05) is 24.3 Å². The van der Waals surface area contributed by atoms with Crippen LogP contribution in [0.1, 0.15) is 18.1 Å². The standard InChI is InChI=1S/C12H19NO/c1-10-7-5-6-8-11(10)12(2,9-14)13(3)4/h5-8,14H,9H2,1-4H3/t12-/m0/s1. The van der Waals surface area contributed by atoms with Crippen molar-refractivity contribution in [1.29, 1.82) is 0 Å². The van der Waals surface area contributed by atoms with Crippen molar-refractivity contribution in [3.05, 3.63) is 35.4 Å². The monoisotopic (exact) mass is 193 g/mol. The minimum atomic E-state index is -0.286. The zero-order chi connectivity index (χ0) is 10.8. The van der Waals surface area contributed by atoms with Gasteiger partial charge in [-0.05, 0) is 39.1 Å². The third-order valence-corrected chi connectivity index (χ3v) is 3.02. The zero-order valence-corrected chi connectivity index (χ0v) is 9.41. The van der Waals surface area contributed by atoms with Crippen LogP contribution in [0.5, 0.6) is 0 Å². The van der Waals surface area contributed by atoms with Crippen LogP contribution in [0.15, 0.2) is 24.3 Å². The lowest BCUT2D eigenvalue weighted by Crippen LogP contribution is -2.42. The number of aryl methyl sites for hydroxylation is 1. The van der Waals surface area contributed by atoms with Crippen molar-refractivity contribution >= 4 is 0 Å². The van der Waals surface area contributed by atoms with Crippen LogP contribution >= 0.6 is 0 Å². The van der Waals surface area contributed by atoms with Gasteiger partial charge in [-0.25, -0.2) is 0 Å². The molecule has 0 fully saturated rings. The number of hydrogen-bond acceptors (Lipinski definition) is 2. The van der Waals surface area contributed by atoms with E-state index in [1.807, 2.05) is 26.2 Å². The predicted molar refractivity (Wildman–Crippen MR) is 59.3 cm³/mol.